The Morgan fingerprint density at radius 1 is 0.702 bits per heavy atom. The Kier molecular flexibility index (Phi) is 9.96. The summed E-state index contributed by atoms with van der Waals surface area (Å²) in [4.78, 5) is 8.45. The Balaban J connectivity index is 1.23. The first-order valence-corrected chi connectivity index (χ1v) is 15.4. The number of thioether (sulfide) groups is 1. The SMILES string of the molecule is COc1ccc(-c2cn(C3C(O)[C@@H](CO)O[C@@H](S[C@@H]4OC(CO)[C@H](O)C(n5cc(-c6ccc(OC)nc6)nn5)[C@@H]4O)[C@@H]3O)nn2)nc1. The number of rotatable bonds is 10. The van der Waals surface area contributed by atoms with Crippen molar-refractivity contribution in [3.8, 4) is 34.3 Å². The maximum absolute atomic E-state index is 11.5. The molecule has 0 bridgehead atoms. The van der Waals surface area contributed by atoms with Crippen molar-refractivity contribution in [2.45, 2.75) is 59.6 Å². The second-order valence-electron chi connectivity index (χ2n) is 10.9. The van der Waals surface area contributed by atoms with E-state index in [0.717, 1.165) is 11.8 Å². The number of aromatic nitrogens is 8. The van der Waals surface area contributed by atoms with E-state index in [1.165, 1.54) is 48.4 Å². The number of aliphatic hydroxyl groups is 6. The highest BCUT2D eigenvalue weighted by Gasteiger charge is 2.51. The number of nitrogens with zero attached hydrogens (tertiary/aromatic N) is 8. The van der Waals surface area contributed by atoms with Gasteiger partial charge in [-0.15, -0.1) is 10.2 Å². The lowest BCUT2D eigenvalue weighted by molar-refractivity contribution is -0.189. The van der Waals surface area contributed by atoms with Crippen molar-refractivity contribution < 1.29 is 49.6 Å². The molecule has 2 fully saturated rings. The summed E-state index contributed by atoms with van der Waals surface area (Å²) >= 11 is 0.849. The average molecular weight is 675 g/mol. The summed E-state index contributed by atoms with van der Waals surface area (Å²) < 4.78 is 24.5. The van der Waals surface area contributed by atoms with Gasteiger partial charge in [0, 0.05) is 17.8 Å². The molecule has 2 aliphatic heterocycles. The predicted molar refractivity (Wildman–Crippen MR) is 161 cm³/mol. The fraction of sp³-hybridized carbons (Fsp3) is 0.500. The highest BCUT2D eigenvalue weighted by Crippen LogP contribution is 2.42. The zero-order valence-electron chi connectivity index (χ0n) is 25.1. The standard InChI is InChI=1S/C28H34N8O10S/c1-43-14-4-5-15(29-8-14)17-10-36(34-32-17)22-24(40)19(12-38)46-28(26(22)42)47-27-25(41)21(23(39)18(11-37)45-27)35-9-16(31-33-35)13-3-6-20(44-2)30-7-13/h3-10,18-19,21-28,37-42H,11-12H2,1-2H3/t18?,19-,21?,22?,23+,24?,25+,26-,27+,28+/m1/s1. The van der Waals surface area contributed by atoms with Gasteiger partial charge in [-0.1, -0.05) is 22.2 Å². The first kappa shape index (κ1) is 33.1. The van der Waals surface area contributed by atoms with E-state index >= 15 is 0 Å². The third-order valence-electron chi connectivity index (χ3n) is 8.07. The molecule has 19 heteroatoms. The number of hydrogen-bond donors (Lipinski definition) is 6. The van der Waals surface area contributed by atoms with E-state index in [4.69, 9.17) is 18.9 Å². The second kappa shape index (κ2) is 14.1. The van der Waals surface area contributed by atoms with Crippen LogP contribution in [0.5, 0.6) is 11.6 Å². The minimum atomic E-state index is -1.45. The average Bonchev–Trinajstić information content (AvgIpc) is 3.78. The van der Waals surface area contributed by atoms with E-state index in [0.29, 0.717) is 34.3 Å². The molecule has 0 saturated carbocycles. The van der Waals surface area contributed by atoms with Gasteiger partial charge in [0.2, 0.25) is 5.88 Å². The van der Waals surface area contributed by atoms with Crippen LogP contribution < -0.4 is 9.47 Å². The van der Waals surface area contributed by atoms with Crippen molar-refractivity contribution >= 4 is 11.8 Å². The number of pyridine rings is 2. The Hall–Kier alpha value is -3.79. The molecule has 0 aromatic carbocycles. The monoisotopic (exact) mass is 674 g/mol. The van der Waals surface area contributed by atoms with Crippen LogP contribution in [-0.4, -0.2) is 146 Å². The predicted octanol–water partition coefficient (Wildman–Crippen LogP) is -1.60. The van der Waals surface area contributed by atoms with E-state index in [1.54, 1.807) is 24.3 Å². The minimum Gasteiger partial charge on any atom is -0.495 e. The largest absolute Gasteiger partial charge is 0.495 e. The highest BCUT2D eigenvalue weighted by atomic mass is 32.2. The van der Waals surface area contributed by atoms with Crippen molar-refractivity contribution in [1.82, 2.24) is 40.0 Å². The highest BCUT2D eigenvalue weighted by molar-refractivity contribution is 8.00. The van der Waals surface area contributed by atoms with Crippen LogP contribution in [0.4, 0.5) is 0 Å². The topological polar surface area (TPSA) is 245 Å². The number of aliphatic hydroxyl groups excluding tert-OH is 6. The van der Waals surface area contributed by atoms with Gasteiger partial charge in [-0.25, -0.2) is 14.3 Å². The van der Waals surface area contributed by atoms with Crippen LogP contribution >= 0.6 is 11.8 Å². The summed E-state index contributed by atoms with van der Waals surface area (Å²) in [6.45, 7) is -1.19. The van der Waals surface area contributed by atoms with Gasteiger partial charge in [0.15, 0.2) is 0 Å². The number of methoxy groups -OCH3 is 2. The molecule has 6 heterocycles. The van der Waals surface area contributed by atoms with Crippen molar-refractivity contribution in [3.63, 3.8) is 0 Å². The van der Waals surface area contributed by atoms with Gasteiger partial charge in [0.1, 0.15) is 76.7 Å². The lowest BCUT2D eigenvalue weighted by Gasteiger charge is -2.46. The Labute approximate surface area is 271 Å². The lowest BCUT2D eigenvalue weighted by Crippen LogP contribution is -2.58. The molecule has 0 radical (unpaired) electrons. The van der Waals surface area contributed by atoms with Gasteiger partial charge in [-0.05, 0) is 18.2 Å². The molecule has 10 atom stereocenters. The summed E-state index contributed by atoms with van der Waals surface area (Å²) in [5.74, 6) is 0.956. The zero-order chi connectivity index (χ0) is 33.2. The Morgan fingerprint density at radius 3 is 1.79 bits per heavy atom. The second-order valence-corrected chi connectivity index (χ2v) is 12.1. The Bertz CT molecular complexity index is 1490. The molecule has 2 saturated heterocycles. The summed E-state index contributed by atoms with van der Waals surface area (Å²) in [5, 5.41) is 81.6. The molecule has 6 N–H and O–H groups in total. The summed E-state index contributed by atoms with van der Waals surface area (Å²) in [6, 6.07) is 4.48. The fourth-order valence-electron chi connectivity index (χ4n) is 5.52. The molecule has 0 aliphatic carbocycles. The van der Waals surface area contributed by atoms with Crippen LogP contribution in [-0.2, 0) is 9.47 Å². The van der Waals surface area contributed by atoms with Gasteiger partial charge in [-0.2, -0.15) is 0 Å². The quantitative estimate of drug-likeness (QED) is 0.111. The minimum absolute atomic E-state index is 0.356. The zero-order valence-corrected chi connectivity index (χ0v) is 25.9. The maximum Gasteiger partial charge on any atom is 0.212 e. The smallest absolute Gasteiger partial charge is 0.212 e. The normalized spacial score (nSPS) is 31.1. The van der Waals surface area contributed by atoms with E-state index in [1.807, 2.05) is 0 Å². The molecule has 2 aliphatic rings. The molecule has 4 aromatic rings. The molecule has 18 nitrogen and oxygen atoms in total. The molecule has 6 rings (SSSR count). The summed E-state index contributed by atoms with van der Waals surface area (Å²) in [6.07, 6.45) is -1.95. The van der Waals surface area contributed by atoms with E-state index in [-0.39, 0.29) is 0 Å². The van der Waals surface area contributed by atoms with E-state index in [9.17, 15) is 30.6 Å². The molecule has 0 spiro atoms. The van der Waals surface area contributed by atoms with E-state index < -0.39 is 72.8 Å². The van der Waals surface area contributed by atoms with Crippen LogP contribution in [0.3, 0.4) is 0 Å². The molecule has 47 heavy (non-hydrogen) atoms. The van der Waals surface area contributed by atoms with Crippen LogP contribution in [0.1, 0.15) is 12.1 Å². The van der Waals surface area contributed by atoms with Crippen LogP contribution in [0.15, 0.2) is 49.1 Å². The third-order valence-corrected chi connectivity index (χ3v) is 9.39. The van der Waals surface area contributed by atoms with Gasteiger partial charge in [0.25, 0.3) is 0 Å². The first-order valence-electron chi connectivity index (χ1n) is 14.5. The summed E-state index contributed by atoms with van der Waals surface area (Å²) in [5.41, 5.74) is -0.527. The third kappa shape index (κ3) is 6.53. The number of ether oxygens (including phenoxy) is 4. The van der Waals surface area contributed by atoms with Crippen molar-refractivity contribution in [2.24, 2.45) is 0 Å². The molecule has 0 amide bonds. The molecular weight excluding hydrogens is 640 g/mol. The number of hydrogen-bond acceptors (Lipinski definition) is 17. The van der Waals surface area contributed by atoms with Gasteiger partial charge in [-0.3, -0.25) is 4.98 Å². The lowest BCUT2D eigenvalue weighted by atomic mass is 9.97. The maximum atomic E-state index is 11.5. The van der Waals surface area contributed by atoms with Crippen molar-refractivity contribution in [3.05, 3.63) is 49.1 Å². The fourth-order valence-corrected chi connectivity index (χ4v) is 6.84. The first-order chi connectivity index (χ1) is 22.8. The van der Waals surface area contributed by atoms with Crippen molar-refractivity contribution in [1.29, 1.82) is 0 Å². The molecule has 252 valence electrons. The summed E-state index contributed by atoms with van der Waals surface area (Å²) in [7, 11) is 3.01. The van der Waals surface area contributed by atoms with Gasteiger partial charge < -0.3 is 49.6 Å². The Morgan fingerprint density at radius 2 is 1.30 bits per heavy atom. The van der Waals surface area contributed by atoms with Crippen LogP contribution in [0, 0.1) is 0 Å². The molecule has 4 aromatic heterocycles. The van der Waals surface area contributed by atoms with Crippen molar-refractivity contribution in [2.75, 3.05) is 27.4 Å². The van der Waals surface area contributed by atoms with Crippen LogP contribution in [0.25, 0.3) is 22.6 Å². The van der Waals surface area contributed by atoms with Gasteiger partial charge in [0.05, 0.1) is 51.7 Å². The van der Waals surface area contributed by atoms with E-state index in [2.05, 4.69) is 30.6 Å². The van der Waals surface area contributed by atoms with Crippen LogP contribution in [0.2, 0.25) is 0 Å². The van der Waals surface area contributed by atoms with Gasteiger partial charge >= 0.3 is 0 Å². The molecular formula is C28H34N8O10S. The molecule has 4 unspecified atom stereocenters.